The second kappa shape index (κ2) is 7.73. The molecule has 0 radical (unpaired) electrons. The molecule has 0 saturated carbocycles. The maximum absolute atomic E-state index is 5.86. The number of hydrogen-bond donors (Lipinski definition) is 2. The van der Waals surface area contributed by atoms with Gasteiger partial charge in [0.1, 0.15) is 0 Å². The number of rotatable bonds is 7. The van der Waals surface area contributed by atoms with Gasteiger partial charge >= 0.3 is 0 Å². The molecule has 3 N–H and O–H groups in total. The summed E-state index contributed by atoms with van der Waals surface area (Å²) in [6.45, 7) is 11.2. The van der Waals surface area contributed by atoms with Gasteiger partial charge in [0.05, 0.1) is 20.8 Å². The van der Waals surface area contributed by atoms with Gasteiger partial charge in [-0.15, -0.1) is 0 Å². The Morgan fingerprint density at radius 2 is 1.91 bits per heavy atom. The van der Waals surface area contributed by atoms with Crippen LogP contribution in [0.15, 0.2) is 35.3 Å². The first kappa shape index (κ1) is 17.9. The summed E-state index contributed by atoms with van der Waals surface area (Å²) in [4.78, 5) is 4.41. The van der Waals surface area contributed by atoms with Gasteiger partial charge in [-0.2, -0.15) is 0 Å². The highest BCUT2D eigenvalue weighted by molar-refractivity contribution is 5.78. The van der Waals surface area contributed by atoms with E-state index in [1.807, 2.05) is 25.1 Å². The van der Waals surface area contributed by atoms with Crippen LogP contribution in [0, 0.1) is 0 Å². The Labute approximate surface area is 133 Å². The molecular weight excluding hydrogens is 278 g/mol. The molecule has 0 saturated heterocycles. The molecule has 0 aromatic heterocycles. The van der Waals surface area contributed by atoms with E-state index in [1.54, 1.807) is 14.2 Å². The first-order valence-corrected chi connectivity index (χ1v) is 7.21. The van der Waals surface area contributed by atoms with E-state index in [1.165, 1.54) is 0 Å². The molecule has 0 spiro atoms. The van der Waals surface area contributed by atoms with Gasteiger partial charge in [-0.3, -0.25) is 4.99 Å². The zero-order valence-electron chi connectivity index (χ0n) is 14.2. The predicted octanol–water partition coefficient (Wildman–Crippen LogP) is 2.46. The van der Waals surface area contributed by atoms with Crippen LogP contribution < -0.4 is 20.5 Å². The molecule has 0 fully saturated rings. The number of nitrogens with zero attached hydrogens (tertiary/aromatic N) is 1. The van der Waals surface area contributed by atoms with Crippen molar-refractivity contribution in [2.75, 3.05) is 27.3 Å². The van der Waals surface area contributed by atoms with E-state index in [4.69, 9.17) is 15.2 Å². The molecule has 5 nitrogen and oxygen atoms in total. The van der Waals surface area contributed by atoms with E-state index >= 15 is 0 Å². The Morgan fingerprint density at radius 3 is 2.45 bits per heavy atom. The maximum atomic E-state index is 5.86. The van der Waals surface area contributed by atoms with Gasteiger partial charge in [0.25, 0.3) is 0 Å². The molecule has 0 aliphatic heterocycles. The van der Waals surface area contributed by atoms with E-state index in [9.17, 15) is 0 Å². The fourth-order valence-electron chi connectivity index (χ4n) is 1.93. The monoisotopic (exact) mass is 305 g/mol. The van der Waals surface area contributed by atoms with Crippen LogP contribution in [0.1, 0.15) is 26.3 Å². The molecule has 5 heteroatoms. The summed E-state index contributed by atoms with van der Waals surface area (Å²) in [6.07, 6.45) is 0. The lowest BCUT2D eigenvalue weighted by Gasteiger charge is -2.24. The average molecular weight is 305 g/mol. The fraction of sp³-hybridized carbons (Fsp3) is 0.471. The average Bonchev–Trinajstić information content (AvgIpc) is 2.50. The number of nitrogens with two attached hydrogens (primary N) is 1. The van der Waals surface area contributed by atoms with Gasteiger partial charge in [0, 0.05) is 12.0 Å². The van der Waals surface area contributed by atoms with Gasteiger partial charge in [-0.1, -0.05) is 32.1 Å². The summed E-state index contributed by atoms with van der Waals surface area (Å²) in [5.41, 5.74) is 7.81. The van der Waals surface area contributed by atoms with Gasteiger partial charge in [-0.25, -0.2) is 0 Å². The zero-order chi connectivity index (χ0) is 16.8. The lowest BCUT2D eigenvalue weighted by Crippen LogP contribution is -2.34. The predicted molar refractivity (Wildman–Crippen MR) is 91.9 cm³/mol. The van der Waals surface area contributed by atoms with Crippen molar-refractivity contribution in [1.29, 1.82) is 0 Å². The molecule has 1 rings (SSSR count). The smallest absolute Gasteiger partial charge is 0.188 e. The number of guanidine groups is 1. The first-order valence-electron chi connectivity index (χ1n) is 7.21. The van der Waals surface area contributed by atoms with Gasteiger partial charge < -0.3 is 20.5 Å². The Bertz CT molecular complexity index is 551. The SMILES string of the molecule is C=C(C)CNC(N)=NCC(C)(C)c1ccc(OC)c(OC)c1. The van der Waals surface area contributed by atoms with Crippen molar-refractivity contribution in [3.8, 4) is 11.5 Å². The number of hydrogen-bond acceptors (Lipinski definition) is 3. The summed E-state index contributed by atoms with van der Waals surface area (Å²) in [6, 6.07) is 5.91. The second-order valence-electron chi connectivity index (χ2n) is 5.97. The van der Waals surface area contributed by atoms with Crippen molar-refractivity contribution >= 4 is 5.96 Å². The van der Waals surface area contributed by atoms with Crippen molar-refractivity contribution in [2.24, 2.45) is 10.7 Å². The van der Waals surface area contributed by atoms with Crippen LogP contribution in [0.25, 0.3) is 0 Å². The summed E-state index contributed by atoms with van der Waals surface area (Å²) in [5, 5.41) is 3.03. The summed E-state index contributed by atoms with van der Waals surface area (Å²) in [5.74, 6) is 1.86. The highest BCUT2D eigenvalue weighted by Gasteiger charge is 2.22. The van der Waals surface area contributed by atoms with Crippen molar-refractivity contribution in [3.05, 3.63) is 35.9 Å². The van der Waals surface area contributed by atoms with Crippen molar-refractivity contribution < 1.29 is 9.47 Å². The third kappa shape index (κ3) is 4.98. The summed E-state index contributed by atoms with van der Waals surface area (Å²) < 4.78 is 10.6. The van der Waals surface area contributed by atoms with E-state index in [0.29, 0.717) is 30.5 Å². The van der Waals surface area contributed by atoms with Crippen LogP contribution in [-0.4, -0.2) is 33.3 Å². The molecule has 0 aliphatic rings. The summed E-state index contributed by atoms with van der Waals surface area (Å²) in [7, 11) is 3.26. The molecule has 0 amide bonds. The van der Waals surface area contributed by atoms with Crippen LogP contribution >= 0.6 is 0 Å². The number of aliphatic imine (C=N–C) groups is 1. The normalized spacial score (nSPS) is 12.0. The minimum absolute atomic E-state index is 0.172. The molecule has 0 aliphatic carbocycles. The second-order valence-corrected chi connectivity index (χ2v) is 5.97. The minimum atomic E-state index is -0.172. The molecule has 122 valence electrons. The standard InChI is InChI=1S/C17H27N3O2/c1-12(2)10-19-16(18)20-11-17(3,4)13-7-8-14(21-5)15(9-13)22-6/h7-9H,1,10-11H2,2-6H3,(H3,18,19,20). The summed E-state index contributed by atoms with van der Waals surface area (Å²) >= 11 is 0. The number of methoxy groups -OCH3 is 2. The van der Waals surface area contributed by atoms with Crippen LogP contribution in [0.2, 0.25) is 0 Å². The molecule has 0 atom stereocenters. The lowest BCUT2D eigenvalue weighted by atomic mass is 9.84. The molecule has 0 heterocycles. The molecule has 0 unspecified atom stereocenters. The molecule has 1 aromatic carbocycles. The van der Waals surface area contributed by atoms with Crippen LogP contribution in [-0.2, 0) is 5.41 Å². The Morgan fingerprint density at radius 1 is 1.27 bits per heavy atom. The molecular formula is C17H27N3O2. The van der Waals surface area contributed by atoms with Gasteiger partial charge in [-0.05, 0) is 24.6 Å². The number of benzene rings is 1. The van der Waals surface area contributed by atoms with Crippen molar-refractivity contribution in [1.82, 2.24) is 5.32 Å². The van der Waals surface area contributed by atoms with E-state index in [-0.39, 0.29) is 5.41 Å². The van der Waals surface area contributed by atoms with Gasteiger partial charge in [0.15, 0.2) is 17.5 Å². The van der Waals surface area contributed by atoms with E-state index < -0.39 is 0 Å². The fourth-order valence-corrected chi connectivity index (χ4v) is 1.93. The lowest BCUT2D eigenvalue weighted by molar-refractivity contribution is 0.353. The van der Waals surface area contributed by atoms with Crippen molar-refractivity contribution in [2.45, 2.75) is 26.2 Å². The van der Waals surface area contributed by atoms with E-state index in [0.717, 1.165) is 11.1 Å². The largest absolute Gasteiger partial charge is 0.493 e. The van der Waals surface area contributed by atoms with Crippen LogP contribution in [0.3, 0.4) is 0 Å². The highest BCUT2D eigenvalue weighted by atomic mass is 16.5. The third-order valence-corrected chi connectivity index (χ3v) is 3.38. The highest BCUT2D eigenvalue weighted by Crippen LogP contribution is 2.33. The quantitative estimate of drug-likeness (QED) is 0.461. The molecule has 1 aromatic rings. The number of ether oxygens (including phenoxy) is 2. The van der Waals surface area contributed by atoms with Crippen LogP contribution in [0.4, 0.5) is 0 Å². The Kier molecular flexibility index (Phi) is 6.28. The minimum Gasteiger partial charge on any atom is -0.493 e. The Hall–Kier alpha value is -2.17. The van der Waals surface area contributed by atoms with Gasteiger partial charge in [0.2, 0.25) is 0 Å². The maximum Gasteiger partial charge on any atom is 0.188 e. The number of nitrogens with one attached hydrogen (secondary N) is 1. The molecule has 0 bridgehead atoms. The first-order chi connectivity index (χ1) is 10.3. The topological polar surface area (TPSA) is 68.9 Å². The van der Waals surface area contributed by atoms with E-state index in [2.05, 4.69) is 30.7 Å². The third-order valence-electron chi connectivity index (χ3n) is 3.38. The Balaban J connectivity index is 2.85. The molecule has 22 heavy (non-hydrogen) atoms. The zero-order valence-corrected chi connectivity index (χ0v) is 14.2. The van der Waals surface area contributed by atoms with Crippen LogP contribution in [0.5, 0.6) is 11.5 Å². The van der Waals surface area contributed by atoms with Crippen molar-refractivity contribution in [3.63, 3.8) is 0 Å².